The zero-order valence-electron chi connectivity index (χ0n) is 19.2. The van der Waals surface area contributed by atoms with Crippen LogP contribution in [0.2, 0.25) is 0 Å². The molecule has 1 saturated heterocycles. The van der Waals surface area contributed by atoms with E-state index in [1.807, 2.05) is 61.0 Å². The molecular formula is C25H28N4O4S. The molecule has 0 spiro atoms. The summed E-state index contributed by atoms with van der Waals surface area (Å²) < 4.78 is 13.8. The molecule has 1 aromatic carbocycles. The van der Waals surface area contributed by atoms with E-state index < -0.39 is 0 Å². The topological polar surface area (TPSA) is 98.2 Å². The predicted molar refractivity (Wildman–Crippen MR) is 131 cm³/mol. The highest BCUT2D eigenvalue weighted by Gasteiger charge is 2.36. The van der Waals surface area contributed by atoms with Crippen molar-refractivity contribution in [3.63, 3.8) is 0 Å². The van der Waals surface area contributed by atoms with Crippen molar-refractivity contribution in [2.45, 2.75) is 50.2 Å². The fourth-order valence-electron chi connectivity index (χ4n) is 4.65. The molecule has 0 aliphatic carbocycles. The third-order valence-electron chi connectivity index (χ3n) is 6.20. The minimum atomic E-state index is -0.355. The zero-order valence-corrected chi connectivity index (χ0v) is 20.1. The van der Waals surface area contributed by atoms with Crippen molar-refractivity contribution >= 4 is 23.5 Å². The number of hydrogen-bond donors (Lipinski definition) is 2. The molecule has 5 rings (SSSR count). The summed E-state index contributed by atoms with van der Waals surface area (Å²) in [5, 5.41) is 5.65. The number of benzene rings is 1. The SMILES string of the molecule is CC1(C)CC(n2[nH]c(=O)c3c2NC(=O)CSC3c2ccccc2OCc2ccccn2)CCO1. The first-order valence-electron chi connectivity index (χ1n) is 11.4. The van der Waals surface area contributed by atoms with Crippen LogP contribution in [0.15, 0.2) is 53.5 Å². The smallest absolute Gasteiger partial charge is 0.270 e. The summed E-state index contributed by atoms with van der Waals surface area (Å²) in [5.41, 5.74) is 1.73. The lowest BCUT2D eigenvalue weighted by molar-refractivity contribution is -0.113. The highest BCUT2D eigenvalue weighted by molar-refractivity contribution is 8.00. The lowest BCUT2D eigenvalue weighted by Crippen LogP contribution is -2.36. The molecule has 1 fully saturated rings. The Hall–Kier alpha value is -3.04. The van der Waals surface area contributed by atoms with E-state index in [1.165, 1.54) is 11.8 Å². The molecule has 0 saturated carbocycles. The summed E-state index contributed by atoms with van der Waals surface area (Å²) in [5.74, 6) is 1.34. The Morgan fingerprint density at radius 1 is 1.21 bits per heavy atom. The van der Waals surface area contributed by atoms with E-state index in [1.54, 1.807) is 6.20 Å². The number of nitrogens with one attached hydrogen (secondary N) is 2. The third-order valence-corrected chi connectivity index (χ3v) is 7.45. The molecule has 2 unspecified atom stereocenters. The number of ether oxygens (including phenoxy) is 2. The van der Waals surface area contributed by atoms with Gasteiger partial charge in [0.05, 0.1) is 33.9 Å². The molecule has 8 nitrogen and oxygen atoms in total. The van der Waals surface area contributed by atoms with Gasteiger partial charge < -0.3 is 14.8 Å². The molecule has 0 bridgehead atoms. The second-order valence-electron chi connectivity index (χ2n) is 9.21. The van der Waals surface area contributed by atoms with Gasteiger partial charge in [-0.3, -0.25) is 24.4 Å². The van der Waals surface area contributed by atoms with Crippen LogP contribution < -0.4 is 15.6 Å². The average molecular weight is 481 g/mol. The quantitative estimate of drug-likeness (QED) is 0.572. The number of carbonyl (C=O) groups is 1. The maximum atomic E-state index is 13.3. The number of carbonyl (C=O) groups excluding carboxylic acids is 1. The molecule has 3 aromatic rings. The Labute approximate surface area is 202 Å². The summed E-state index contributed by atoms with van der Waals surface area (Å²) in [6.07, 6.45) is 3.23. The van der Waals surface area contributed by atoms with Gasteiger partial charge in [-0.25, -0.2) is 0 Å². The summed E-state index contributed by atoms with van der Waals surface area (Å²) >= 11 is 1.43. The van der Waals surface area contributed by atoms with Crippen LogP contribution in [-0.2, 0) is 16.1 Å². The Morgan fingerprint density at radius 3 is 2.82 bits per heavy atom. The number of para-hydroxylation sites is 1. The molecule has 2 N–H and O–H groups in total. The van der Waals surface area contributed by atoms with E-state index >= 15 is 0 Å². The molecule has 2 aromatic heterocycles. The van der Waals surface area contributed by atoms with Gasteiger partial charge in [0.25, 0.3) is 5.56 Å². The number of amides is 1. The van der Waals surface area contributed by atoms with Gasteiger partial charge in [-0.1, -0.05) is 24.3 Å². The van der Waals surface area contributed by atoms with Crippen molar-refractivity contribution in [2.24, 2.45) is 0 Å². The van der Waals surface area contributed by atoms with Gasteiger partial charge in [0.2, 0.25) is 5.91 Å². The first-order valence-corrected chi connectivity index (χ1v) is 12.5. The number of H-pyrrole nitrogens is 1. The first-order chi connectivity index (χ1) is 16.4. The number of pyridine rings is 1. The van der Waals surface area contributed by atoms with Crippen LogP contribution in [-0.4, -0.2) is 38.6 Å². The minimum absolute atomic E-state index is 0.0277. The average Bonchev–Trinajstić information content (AvgIpc) is 3.03. The van der Waals surface area contributed by atoms with Gasteiger partial charge in [0.1, 0.15) is 18.2 Å². The van der Waals surface area contributed by atoms with E-state index in [0.717, 1.165) is 24.1 Å². The lowest BCUT2D eigenvalue weighted by Gasteiger charge is -2.36. The van der Waals surface area contributed by atoms with Crippen molar-refractivity contribution in [1.82, 2.24) is 14.8 Å². The molecule has 0 radical (unpaired) electrons. The Kier molecular flexibility index (Phi) is 6.22. The molecule has 9 heteroatoms. The van der Waals surface area contributed by atoms with Crippen LogP contribution in [0.3, 0.4) is 0 Å². The number of hydrogen-bond acceptors (Lipinski definition) is 6. The van der Waals surface area contributed by atoms with Gasteiger partial charge in [0.15, 0.2) is 0 Å². The van der Waals surface area contributed by atoms with Gasteiger partial charge in [0, 0.05) is 18.4 Å². The molecule has 2 aliphatic rings. The van der Waals surface area contributed by atoms with E-state index in [2.05, 4.69) is 15.4 Å². The van der Waals surface area contributed by atoms with Crippen LogP contribution in [0.25, 0.3) is 0 Å². The van der Waals surface area contributed by atoms with Gasteiger partial charge in [-0.2, -0.15) is 0 Å². The largest absolute Gasteiger partial charge is 0.487 e. The predicted octanol–water partition coefficient (Wildman–Crippen LogP) is 4.06. The van der Waals surface area contributed by atoms with Crippen LogP contribution in [0.1, 0.15) is 54.8 Å². The summed E-state index contributed by atoms with van der Waals surface area (Å²) in [6, 6.07) is 13.4. The Morgan fingerprint density at radius 2 is 2.03 bits per heavy atom. The highest BCUT2D eigenvalue weighted by atomic mass is 32.2. The number of anilines is 1. The number of aromatic amines is 1. The fourth-order valence-corrected chi connectivity index (χ4v) is 5.80. The molecule has 2 atom stereocenters. The van der Waals surface area contributed by atoms with Crippen LogP contribution >= 0.6 is 11.8 Å². The molecular weight excluding hydrogens is 452 g/mol. The van der Waals surface area contributed by atoms with Crippen molar-refractivity contribution in [3.05, 3.63) is 75.8 Å². The van der Waals surface area contributed by atoms with Crippen molar-refractivity contribution in [3.8, 4) is 5.75 Å². The highest BCUT2D eigenvalue weighted by Crippen LogP contribution is 2.44. The van der Waals surface area contributed by atoms with Gasteiger partial charge in [-0.05, 0) is 44.9 Å². The maximum Gasteiger partial charge on any atom is 0.270 e. The summed E-state index contributed by atoms with van der Waals surface area (Å²) in [4.78, 5) is 30.3. The minimum Gasteiger partial charge on any atom is -0.487 e. The molecule has 2 aliphatic heterocycles. The second-order valence-corrected chi connectivity index (χ2v) is 10.3. The number of fused-ring (bicyclic) bond motifs is 1. The monoisotopic (exact) mass is 480 g/mol. The van der Waals surface area contributed by atoms with Crippen molar-refractivity contribution in [2.75, 3.05) is 17.7 Å². The van der Waals surface area contributed by atoms with E-state index in [9.17, 15) is 9.59 Å². The number of aromatic nitrogens is 3. The fraction of sp³-hybridized carbons (Fsp3) is 0.400. The summed E-state index contributed by atoms with van der Waals surface area (Å²) in [6.45, 7) is 5.01. The summed E-state index contributed by atoms with van der Waals surface area (Å²) in [7, 11) is 0. The number of thioether (sulfide) groups is 1. The molecule has 178 valence electrons. The Bertz CT molecular complexity index is 1240. The van der Waals surface area contributed by atoms with Crippen LogP contribution in [0.4, 0.5) is 5.82 Å². The standard InChI is InChI=1S/C25H28N4O4S/c1-25(2)13-17(10-12-33-25)29-23-21(24(31)28-29)22(34-15-20(30)27-23)18-8-3-4-9-19(18)32-14-16-7-5-6-11-26-16/h3-9,11,17,22H,10,12-15H2,1-2H3,(H,27,30)(H,28,31). The lowest BCUT2D eigenvalue weighted by atomic mass is 9.94. The van der Waals surface area contributed by atoms with Gasteiger partial charge in [-0.15, -0.1) is 11.8 Å². The van der Waals surface area contributed by atoms with Crippen LogP contribution in [0.5, 0.6) is 5.75 Å². The van der Waals surface area contributed by atoms with Crippen molar-refractivity contribution in [1.29, 1.82) is 0 Å². The van der Waals surface area contributed by atoms with Crippen LogP contribution in [0, 0.1) is 0 Å². The first kappa shape index (κ1) is 22.7. The van der Waals surface area contributed by atoms with Crippen molar-refractivity contribution < 1.29 is 14.3 Å². The number of nitrogens with zero attached hydrogens (tertiary/aromatic N) is 2. The van der Waals surface area contributed by atoms with E-state index in [-0.39, 0.29) is 34.1 Å². The normalized spacial score (nSPS) is 21.9. The van der Waals surface area contributed by atoms with E-state index in [4.69, 9.17) is 9.47 Å². The second kappa shape index (κ2) is 9.31. The maximum absolute atomic E-state index is 13.3. The third kappa shape index (κ3) is 4.63. The zero-order chi connectivity index (χ0) is 23.7. The Balaban J connectivity index is 1.52. The molecule has 34 heavy (non-hydrogen) atoms. The van der Waals surface area contributed by atoms with E-state index in [0.29, 0.717) is 30.3 Å². The molecule has 1 amide bonds. The number of rotatable bonds is 5. The molecule has 4 heterocycles. The van der Waals surface area contributed by atoms with Gasteiger partial charge >= 0.3 is 0 Å².